The summed E-state index contributed by atoms with van der Waals surface area (Å²) in [4.78, 5) is 8.37. The van der Waals surface area contributed by atoms with E-state index in [9.17, 15) is 0 Å². The largest absolute Gasteiger partial charge is 0.497 e. The Bertz CT molecular complexity index is 718. The minimum Gasteiger partial charge on any atom is -0.497 e. The molecule has 0 bridgehead atoms. The molecule has 1 aromatic carbocycles. The third-order valence-electron chi connectivity index (χ3n) is 3.36. The van der Waals surface area contributed by atoms with E-state index in [0.29, 0.717) is 5.95 Å². The van der Waals surface area contributed by atoms with Crippen LogP contribution < -0.4 is 10.5 Å². The number of hydrogen-bond acceptors (Lipinski definition) is 4. The average Bonchev–Trinajstić information content (AvgIpc) is 2.81. The van der Waals surface area contributed by atoms with Gasteiger partial charge in [0.05, 0.1) is 18.8 Å². The summed E-state index contributed by atoms with van der Waals surface area (Å²) < 4.78 is 7.17. The molecule has 0 fully saturated rings. The van der Waals surface area contributed by atoms with Gasteiger partial charge in [0, 0.05) is 12.7 Å². The van der Waals surface area contributed by atoms with Crippen LogP contribution in [-0.2, 0) is 13.0 Å². The van der Waals surface area contributed by atoms with Gasteiger partial charge in [0.2, 0.25) is 5.95 Å². The van der Waals surface area contributed by atoms with Crippen LogP contribution in [0, 0.1) is 0 Å². The Balaban J connectivity index is 1.80. The van der Waals surface area contributed by atoms with Crippen LogP contribution >= 0.6 is 0 Å². The van der Waals surface area contributed by atoms with Crippen molar-refractivity contribution in [3.05, 3.63) is 48.3 Å². The fraction of sp³-hybridized carbons (Fsp3) is 0.200. The third kappa shape index (κ3) is 2.30. The molecule has 2 N–H and O–H groups in total. The summed E-state index contributed by atoms with van der Waals surface area (Å²) >= 11 is 0. The van der Waals surface area contributed by atoms with Crippen molar-refractivity contribution in [1.82, 2.24) is 14.5 Å². The highest BCUT2D eigenvalue weighted by molar-refractivity contribution is 5.77. The summed E-state index contributed by atoms with van der Waals surface area (Å²) in [5.41, 5.74) is 9.06. The Kier molecular flexibility index (Phi) is 3.25. The Hall–Kier alpha value is -2.56. The van der Waals surface area contributed by atoms with Gasteiger partial charge >= 0.3 is 0 Å². The van der Waals surface area contributed by atoms with Gasteiger partial charge in [0.1, 0.15) is 11.3 Å². The van der Waals surface area contributed by atoms with Crippen molar-refractivity contribution in [2.45, 2.75) is 13.0 Å². The van der Waals surface area contributed by atoms with Crippen molar-refractivity contribution in [2.24, 2.45) is 0 Å². The van der Waals surface area contributed by atoms with E-state index in [-0.39, 0.29) is 0 Å². The van der Waals surface area contributed by atoms with E-state index >= 15 is 0 Å². The monoisotopic (exact) mass is 268 g/mol. The van der Waals surface area contributed by atoms with Gasteiger partial charge in [-0.3, -0.25) is 4.98 Å². The van der Waals surface area contributed by atoms with Crippen molar-refractivity contribution >= 4 is 17.0 Å². The second-order valence-corrected chi connectivity index (χ2v) is 4.58. The van der Waals surface area contributed by atoms with E-state index in [1.165, 1.54) is 5.56 Å². The van der Waals surface area contributed by atoms with Crippen molar-refractivity contribution in [1.29, 1.82) is 0 Å². The number of anilines is 1. The van der Waals surface area contributed by atoms with Crippen LogP contribution in [-0.4, -0.2) is 21.6 Å². The number of ether oxygens (including phenoxy) is 1. The molecule has 2 aromatic heterocycles. The Morgan fingerprint density at radius 1 is 1.20 bits per heavy atom. The lowest BCUT2D eigenvalue weighted by molar-refractivity contribution is 0.414. The maximum atomic E-state index is 5.97. The summed E-state index contributed by atoms with van der Waals surface area (Å²) in [6.45, 7) is 0.790. The smallest absolute Gasteiger partial charge is 0.201 e. The molecule has 0 saturated carbocycles. The zero-order valence-corrected chi connectivity index (χ0v) is 11.3. The second kappa shape index (κ2) is 5.21. The van der Waals surface area contributed by atoms with E-state index < -0.39 is 0 Å². The van der Waals surface area contributed by atoms with Gasteiger partial charge in [0.15, 0.2) is 0 Å². The van der Waals surface area contributed by atoms with Gasteiger partial charge in [-0.15, -0.1) is 0 Å². The molecule has 0 unspecified atom stereocenters. The fourth-order valence-electron chi connectivity index (χ4n) is 2.27. The van der Waals surface area contributed by atoms with Crippen LogP contribution in [0.25, 0.3) is 11.0 Å². The first-order valence-electron chi connectivity index (χ1n) is 6.46. The van der Waals surface area contributed by atoms with E-state index in [1.807, 2.05) is 22.8 Å². The first kappa shape index (κ1) is 12.5. The molecule has 0 spiro atoms. The molecule has 3 aromatic rings. The zero-order chi connectivity index (χ0) is 13.9. The summed E-state index contributed by atoms with van der Waals surface area (Å²) in [6, 6.07) is 10.0. The van der Waals surface area contributed by atoms with Gasteiger partial charge in [0.25, 0.3) is 0 Å². The van der Waals surface area contributed by atoms with Crippen molar-refractivity contribution < 1.29 is 4.74 Å². The van der Waals surface area contributed by atoms with Crippen molar-refractivity contribution in [3.63, 3.8) is 0 Å². The number of benzene rings is 1. The molecule has 102 valence electrons. The zero-order valence-electron chi connectivity index (χ0n) is 11.3. The van der Waals surface area contributed by atoms with Crippen LogP contribution in [0.3, 0.4) is 0 Å². The molecule has 0 amide bonds. The summed E-state index contributed by atoms with van der Waals surface area (Å²) in [6.07, 6.45) is 4.38. The minimum atomic E-state index is 0.529. The van der Waals surface area contributed by atoms with Gasteiger partial charge in [-0.1, -0.05) is 12.1 Å². The number of rotatable bonds is 4. The Morgan fingerprint density at radius 2 is 2.00 bits per heavy atom. The highest BCUT2D eigenvalue weighted by Crippen LogP contribution is 2.18. The number of nitrogens with zero attached hydrogens (tertiary/aromatic N) is 3. The maximum absolute atomic E-state index is 5.97. The number of imidazole rings is 1. The maximum Gasteiger partial charge on any atom is 0.201 e. The molecule has 5 heteroatoms. The molecule has 2 heterocycles. The highest BCUT2D eigenvalue weighted by Gasteiger charge is 2.07. The van der Waals surface area contributed by atoms with Crippen molar-refractivity contribution in [2.75, 3.05) is 12.8 Å². The van der Waals surface area contributed by atoms with E-state index in [4.69, 9.17) is 10.5 Å². The Labute approximate surface area is 117 Å². The molecule has 20 heavy (non-hydrogen) atoms. The molecular weight excluding hydrogens is 252 g/mol. The number of nitrogens with two attached hydrogens (primary N) is 1. The number of pyridine rings is 1. The third-order valence-corrected chi connectivity index (χ3v) is 3.36. The molecule has 0 saturated heterocycles. The summed E-state index contributed by atoms with van der Waals surface area (Å²) in [5, 5.41) is 0. The molecule has 0 aliphatic carbocycles. The van der Waals surface area contributed by atoms with Crippen LogP contribution in [0.2, 0.25) is 0 Å². The number of methoxy groups -OCH3 is 1. The second-order valence-electron chi connectivity index (χ2n) is 4.58. The predicted molar refractivity (Wildman–Crippen MR) is 78.6 cm³/mol. The molecule has 0 radical (unpaired) electrons. The van der Waals surface area contributed by atoms with Gasteiger partial charge in [-0.2, -0.15) is 0 Å². The normalized spacial score (nSPS) is 10.8. The minimum absolute atomic E-state index is 0.529. The number of aryl methyl sites for hydroxylation is 2. The molecule has 0 aliphatic heterocycles. The number of aromatic nitrogens is 3. The van der Waals surface area contributed by atoms with Gasteiger partial charge in [-0.25, -0.2) is 4.98 Å². The molecule has 3 rings (SSSR count). The summed E-state index contributed by atoms with van der Waals surface area (Å²) in [7, 11) is 1.67. The summed E-state index contributed by atoms with van der Waals surface area (Å²) in [5.74, 6) is 1.40. The number of fused-ring (bicyclic) bond motifs is 1. The molecule has 0 atom stereocenters. The average molecular weight is 268 g/mol. The number of nitrogen functional groups attached to an aromatic ring is 1. The lowest BCUT2D eigenvalue weighted by atomic mass is 10.1. The quantitative estimate of drug-likeness (QED) is 0.788. The fourth-order valence-corrected chi connectivity index (χ4v) is 2.27. The van der Waals surface area contributed by atoms with Crippen LogP contribution in [0.15, 0.2) is 42.7 Å². The first-order valence-corrected chi connectivity index (χ1v) is 6.46. The lowest BCUT2D eigenvalue weighted by Gasteiger charge is -2.07. The number of hydrogen-bond donors (Lipinski definition) is 1. The topological polar surface area (TPSA) is 66.0 Å². The molecular formula is C15H16N4O. The van der Waals surface area contributed by atoms with E-state index in [1.54, 1.807) is 19.5 Å². The van der Waals surface area contributed by atoms with E-state index in [2.05, 4.69) is 22.1 Å². The molecule has 0 aliphatic rings. The van der Waals surface area contributed by atoms with E-state index in [0.717, 1.165) is 29.7 Å². The van der Waals surface area contributed by atoms with Gasteiger partial charge in [-0.05, 0) is 30.2 Å². The van der Waals surface area contributed by atoms with Crippen LogP contribution in [0.4, 0.5) is 5.95 Å². The predicted octanol–water partition coefficient (Wildman–Crippen LogP) is 2.26. The lowest BCUT2D eigenvalue weighted by Crippen LogP contribution is -2.05. The van der Waals surface area contributed by atoms with Crippen LogP contribution in [0.5, 0.6) is 5.75 Å². The van der Waals surface area contributed by atoms with Gasteiger partial charge < -0.3 is 15.0 Å². The Morgan fingerprint density at radius 3 is 2.75 bits per heavy atom. The first-order chi connectivity index (χ1) is 9.78. The highest BCUT2D eigenvalue weighted by atomic mass is 16.5. The SMILES string of the molecule is COc1ccc(CCn2c(N)nc3cnccc32)cc1. The van der Waals surface area contributed by atoms with Crippen LogP contribution in [0.1, 0.15) is 5.56 Å². The standard InChI is InChI=1S/C15H16N4O/c1-20-12-4-2-11(3-5-12)7-9-19-14-6-8-17-10-13(14)18-15(19)16/h2-6,8,10H,7,9H2,1H3,(H2,16,18). The van der Waals surface area contributed by atoms with Crippen molar-refractivity contribution in [3.8, 4) is 5.75 Å². The molecule has 5 nitrogen and oxygen atoms in total.